The smallest absolute Gasteiger partial charge is 0.125 e. The van der Waals surface area contributed by atoms with Gasteiger partial charge in [0.15, 0.2) is 0 Å². The summed E-state index contributed by atoms with van der Waals surface area (Å²) in [5, 5.41) is 0. The summed E-state index contributed by atoms with van der Waals surface area (Å²) in [5.74, 6) is 6.54. The molecule has 2 N–H and O–H groups in total. The van der Waals surface area contributed by atoms with Crippen molar-refractivity contribution in [3.05, 3.63) is 28.8 Å². The second-order valence-electron chi connectivity index (χ2n) is 4.20. The van der Waals surface area contributed by atoms with Crippen LogP contribution in [0, 0.1) is 0 Å². The zero-order valence-corrected chi connectivity index (χ0v) is 10.5. The highest BCUT2D eigenvalue weighted by atomic mass is 16.6. The van der Waals surface area contributed by atoms with E-state index in [0.717, 1.165) is 17.7 Å². The maximum atomic E-state index is 5.49. The quantitative estimate of drug-likeness (QED) is 0.781. The fourth-order valence-electron chi connectivity index (χ4n) is 1.90. The molecular weight excluding hydrogens is 202 g/mol. The molecule has 0 spiro atoms. The van der Waals surface area contributed by atoms with Crippen LogP contribution in [0.25, 0.3) is 0 Å². The van der Waals surface area contributed by atoms with Crippen LogP contribution in [0.3, 0.4) is 0 Å². The molecule has 0 saturated carbocycles. The fourth-order valence-corrected chi connectivity index (χ4v) is 1.90. The van der Waals surface area contributed by atoms with Crippen LogP contribution < -0.4 is 10.6 Å². The summed E-state index contributed by atoms with van der Waals surface area (Å²) >= 11 is 0. The van der Waals surface area contributed by atoms with Crippen LogP contribution in [-0.4, -0.2) is 7.11 Å². The van der Waals surface area contributed by atoms with Crippen molar-refractivity contribution in [2.45, 2.75) is 39.7 Å². The minimum Gasteiger partial charge on any atom is -0.496 e. The molecule has 0 aromatic heterocycles. The van der Waals surface area contributed by atoms with Crippen LogP contribution in [0.2, 0.25) is 0 Å². The van der Waals surface area contributed by atoms with E-state index in [4.69, 9.17) is 15.5 Å². The summed E-state index contributed by atoms with van der Waals surface area (Å²) in [6, 6.07) is 4.20. The van der Waals surface area contributed by atoms with E-state index in [-0.39, 0.29) is 0 Å². The summed E-state index contributed by atoms with van der Waals surface area (Å²) in [7, 11) is 1.72. The lowest BCUT2D eigenvalue weighted by molar-refractivity contribution is 0.124. The average Bonchev–Trinajstić information content (AvgIpc) is 2.28. The number of ether oxygens (including phenoxy) is 1. The third-order valence-electron chi connectivity index (χ3n) is 2.71. The Labute approximate surface area is 97.5 Å². The number of hydrogen-bond acceptors (Lipinski definition) is 3. The van der Waals surface area contributed by atoms with E-state index in [1.807, 2.05) is 0 Å². The standard InChI is InChI=1S/C13H21NO2/c1-5-11-6-10(8-16-14)7-12(9(2)3)13(11)15-4/h6-7,9H,5,8,14H2,1-4H3. The van der Waals surface area contributed by atoms with Crippen molar-refractivity contribution in [1.29, 1.82) is 0 Å². The van der Waals surface area contributed by atoms with Crippen molar-refractivity contribution >= 4 is 0 Å². The number of benzene rings is 1. The summed E-state index contributed by atoms with van der Waals surface area (Å²) in [6.45, 7) is 6.88. The summed E-state index contributed by atoms with van der Waals surface area (Å²) in [6.07, 6.45) is 0.946. The average molecular weight is 223 g/mol. The molecule has 16 heavy (non-hydrogen) atoms. The zero-order valence-electron chi connectivity index (χ0n) is 10.5. The number of aryl methyl sites for hydroxylation is 1. The highest BCUT2D eigenvalue weighted by Crippen LogP contribution is 2.32. The largest absolute Gasteiger partial charge is 0.496 e. The molecule has 1 aromatic carbocycles. The summed E-state index contributed by atoms with van der Waals surface area (Å²) < 4.78 is 5.49. The number of rotatable bonds is 5. The lowest BCUT2D eigenvalue weighted by atomic mass is 9.95. The van der Waals surface area contributed by atoms with Crippen molar-refractivity contribution < 1.29 is 9.57 Å². The molecule has 0 unspecified atom stereocenters. The van der Waals surface area contributed by atoms with Crippen molar-refractivity contribution in [3.8, 4) is 5.75 Å². The molecule has 0 heterocycles. The first-order valence-electron chi connectivity index (χ1n) is 5.65. The normalized spacial score (nSPS) is 10.9. The van der Waals surface area contributed by atoms with E-state index in [2.05, 4.69) is 32.9 Å². The highest BCUT2D eigenvalue weighted by molar-refractivity contribution is 5.46. The molecule has 0 aliphatic carbocycles. The van der Waals surface area contributed by atoms with Crippen molar-refractivity contribution in [3.63, 3.8) is 0 Å². The maximum absolute atomic E-state index is 5.49. The molecule has 3 heteroatoms. The molecule has 0 bridgehead atoms. The first-order chi connectivity index (χ1) is 7.63. The van der Waals surface area contributed by atoms with Crippen LogP contribution in [0.5, 0.6) is 5.75 Å². The van der Waals surface area contributed by atoms with Gasteiger partial charge in [-0.25, -0.2) is 5.90 Å². The van der Waals surface area contributed by atoms with E-state index in [9.17, 15) is 0 Å². The van der Waals surface area contributed by atoms with Gasteiger partial charge in [0, 0.05) is 0 Å². The van der Waals surface area contributed by atoms with Gasteiger partial charge in [0.25, 0.3) is 0 Å². The second kappa shape index (κ2) is 5.87. The van der Waals surface area contributed by atoms with Gasteiger partial charge in [0.2, 0.25) is 0 Å². The van der Waals surface area contributed by atoms with E-state index in [0.29, 0.717) is 12.5 Å². The monoisotopic (exact) mass is 223 g/mol. The van der Waals surface area contributed by atoms with Gasteiger partial charge in [-0.05, 0) is 41.2 Å². The first kappa shape index (κ1) is 13.0. The molecule has 1 rings (SSSR count). The molecular formula is C13H21NO2. The third-order valence-corrected chi connectivity index (χ3v) is 2.71. The van der Waals surface area contributed by atoms with Gasteiger partial charge in [0.05, 0.1) is 13.7 Å². The Bertz CT molecular complexity index is 348. The molecule has 0 atom stereocenters. The van der Waals surface area contributed by atoms with Crippen molar-refractivity contribution in [2.75, 3.05) is 7.11 Å². The van der Waals surface area contributed by atoms with Gasteiger partial charge in [0.1, 0.15) is 5.75 Å². The van der Waals surface area contributed by atoms with Gasteiger partial charge in [-0.1, -0.05) is 20.8 Å². The third kappa shape index (κ3) is 2.74. The highest BCUT2D eigenvalue weighted by Gasteiger charge is 2.13. The SMILES string of the molecule is CCc1cc(CON)cc(C(C)C)c1OC. The molecule has 90 valence electrons. The zero-order chi connectivity index (χ0) is 12.1. The second-order valence-corrected chi connectivity index (χ2v) is 4.20. The lowest BCUT2D eigenvalue weighted by Gasteiger charge is -2.17. The molecule has 0 aliphatic rings. The Morgan fingerprint density at radius 2 is 2.00 bits per heavy atom. The van der Waals surface area contributed by atoms with Crippen molar-refractivity contribution in [2.24, 2.45) is 5.90 Å². The van der Waals surface area contributed by atoms with Crippen LogP contribution >= 0.6 is 0 Å². The number of hydrogen-bond donors (Lipinski definition) is 1. The summed E-state index contributed by atoms with van der Waals surface area (Å²) in [5.41, 5.74) is 3.53. The molecule has 3 nitrogen and oxygen atoms in total. The molecule has 1 aromatic rings. The van der Waals surface area contributed by atoms with Gasteiger partial charge in [-0.2, -0.15) is 0 Å². The molecule has 0 amide bonds. The lowest BCUT2D eigenvalue weighted by Crippen LogP contribution is -2.04. The molecule has 0 saturated heterocycles. The molecule has 0 radical (unpaired) electrons. The van der Waals surface area contributed by atoms with Crippen LogP contribution in [0.1, 0.15) is 43.4 Å². The van der Waals surface area contributed by atoms with Crippen molar-refractivity contribution in [1.82, 2.24) is 0 Å². The number of methoxy groups -OCH3 is 1. The van der Waals surface area contributed by atoms with Crippen LogP contribution in [-0.2, 0) is 17.9 Å². The Hall–Kier alpha value is -1.06. The first-order valence-corrected chi connectivity index (χ1v) is 5.65. The van der Waals surface area contributed by atoms with Gasteiger partial charge >= 0.3 is 0 Å². The number of nitrogens with two attached hydrogens (primary N) is 1. The fraction of sp³-hybridized carbons (Fsp3) is 0.538. The van der Waals surface area contributed by atoms with Crippen LogP contribution in [0.15, 0.2) is 12.1 Å². The predicted octanol–water partition coefficient (Wildman–Crippen LogP) is 2.77. The van der Waals surface area contributed by atoms with Gasteiger partial charge in [-0.15, -0.1) is 0 Å². The van der Waals surface area contributed by atoms with Gasteiger partial charge < -0.3 is 4.74 Å². The predicted molar refractivity (Wildman–Crippen MR) is 65.4 cm³/mol. The van der Waals surface area contributed by atoms with E-state index in [1.165, 1.54) is 11.1 Å². The van der Waals surface area contributed by atoms with E-state index >= 15 is 0 Å². The molecule has 0 aliphatic heterocycles. The summed E-state index contributed by atoms with van der Waals surface area (Å²) in [4.78, 5) is 4.69. The Morgan fingerprint density at radius 3 is 2.44 bits per heavy atom. The maximum Gasteiger partial charge on any atom is 0.125 e. The Kier molecular flexibility index (Phi) is 4.77. The van der Waals surface area contributed by atoms with E-state index in [1.54, 1.807) is 7.11 Å². The Balaban J connectivity index is 3.25. The topological polar surface area (TPSA) is 44.5 Å². The van der Waals surface area contributed by atoms with Gasteiger partial charge in [-0.3, -0.25) is 4.84 Å². The Morgan fingerprint density at radius 1 is 1.31 bits per heavy atom. The minimum absolute atomic E-state index is 0.429. The molecule has 0 fully saturated rings. The van der Waals surface area contributed by atoms with E-state index < -0.39 is 0 Å². The van der Waals surface area contributed by atoms with Crippen LogP contribution in [0.4, 0.5) is 0 Å². The minimum atomic E-state index is 0.429.